The van der Waals surface area contributed by atoms with E-state index in [1.54, 1.807) is 6.07 Å². The smallest absolute Gasteiger partial charge is 0.417 e. The zero-order valence-corrected chi connectivity index (χ0v) is 17.8. The molecule has 0 bridgehead atoms. The summed E-state index contributed by atoms with van der Waals surface area (Å²) >= 11 is 5.86. The van der Waals surface area contributed by atoms with Crippen LogP contribution in [0.2, 0.25) is 5.02 Å². The number of rotatable bonds is 7. The van der Waals surface area contributed by atoms with Gasteiger partial charge in [-0.05, 0) is 49.2 Å². The molecule has 1 aliphatic heterocycles. The van der Waals surface area contributed by atoms with Crippen LogP contribution in [-0.4, -0.2) is 44.3 Å². The standard InChI is InChI=1S/C22H26ClF3N2O2/c1-3-29-19-8-6-16(14-20(19)30-4-2)21(28-11-9-27-10-12-28)15-5-7-18(23)17(13-15)22(24,25)26/h5-8,13-14,21,27H,3-4,9-12H2,1-2H3. The Hall–Kier alpha value is -1.96. The van der Waals surface area contributed by atoms with Crippen LogP contribution in [0.15, 0.2) is 36.4 Å². The van der Waals surface area contributed by atoms with Crippen LogP contribution in [0, 0.1) is 0 Å². The van der Waals surface area contributed by atoms with Crippen LogP contribution in [0.4, 0.5) is 13.2 Å². The zero-order chi connectivity index (χ0) is 21.7. The molecule has 2 aromatic rings. The first-order valence-corrected chi connectivity index (χ1v) is 10.4. The van der Waals surface area contributed by atoms with Crippen molar-refractivity contribution >= 4 is 11.6 Å². The number of piperazine rings is 1. The lowest BCUT2D eigenvalue weighted by Gasteiger charge is -2.36. The van der Waals surface area contributed by atoms with E-state index in [-0.39, 0.29) is 11.1 Å². The first-order valence-electron chi connectivity index (χ1n) is 10.1. The SMILES string of the molecule is CCOc1ccc(C(c2ccc(Cl)c(C(F)(F)F)c2)N2CCNCC2)cc1OCC. The highest BCUT2D eigenvalue weighted by Gasteiger charge is 2.35. The minimum Gasteiger partial charge on any atom is -0.490 e. The van der Waals surface area contributed by atoms with Crippen molar-refractivity contribution in [3.63, 3.8) is 0 Å². The number of nitrogens with one attached hydrogen (secondary N) is 1. The van der Waals surface area contributed by atoms with Crippen LogP contribution in [0.3, 0.4) is 0 Å². The van der Waals surface area contributed by atoms with E-state index in [9.17, 15) is 13.2 Å². The fraction of sp³-hybridized carbons (Fsp3) is 0.455. The Labute approximate surface area is 179 Å². The van der Waals surface area contributed by atoms with Gasteiger partial charge in [0.1, 0.15) is 0 Å². The lowest BCUT2D eigenvalue weighted by Crippen LogP contribution is -2.45. The molecule has 164 valence electrons. The van der Waals surface area contributed by atoms with Gasteiger partial charge in [0, 0.05) is 26.2 Å². The highest BCUT2D eigenvalue weighted by molar-refractivity contribution is 6.31. The lowest BCUT2D eigenvalue weighted by atomic mass is 9.94. The van der Waals surface area contributed by atoms with Crippen LogP contribution in [0.5, 0.6) is 11.5 Å². The van der Waals surface area contributed by atoms with Crippen LogP contribution in [-0.2, 0) is 6.18 Å². The quantitative estimate of drug-likeness (QED) is 0.643. The highest BCUT2D eigenvalue weighted by atomic mass is 35.5. The van der Waals surface area contributed by atoms with Crippen molar-refractivity contribution in [3.05, 3.63) is 58.1 Å². The number of hydrogen-bond acceptors (Lipinski definition) is 4. The van der Waals surface area contributed by atoms with Gasteiger partial charge in [-0.25, -0.2) is 0 Å². The van der Waals surface area contributed by atoms with E-state index in [1.807, 2.05) is 32.0 Å². The molecule has 0 aliphatic carbocycles. The minimum atomic E-state index is -4.52. The molecule has 30 heavy (non-hydrogen) atoms. The molecule has 1 fully saturated rings. The number of ether oxygens (including phenoxy) is 2. The number of benzene rings is 2. The summed E-state index contributed by atoms with van der Waals surface area (Å²) < 4.78 is 51.9. The molecule has 4 nitrogen and oxygen atoms in total. The molecule has 0 amide bonds. The molecule has 1 heterocycles. The Morgan fingerprint density at radius 1 is 0.967 bits per heavy atom. The molecular weight excluding hydrogens is 417 g/mol. The first kappa shape index (κ1) is 22.7. The summed E-state index contributed by atoms with van der Waals surface area (Å²) in [6, 6.07) is 9.37. The average molecular weight is 443 g/mol. The summed E-state index contributed by atoms with van der Waals surface area (Å²) in [5.41, 5.74) is 0.567. The molecule has 1 N–H and O–H groups in total. The Kier molecular flexibility index (Phi) is 7.50. The van der Waals surface area contributed by atoms with Gasteiger partial charge in [-0.3, -0.25) is 4.90 Å². The maximum atomic E-state index is 13.5. The van der Waals surface area contributed by atoms with Crippen molar-refractivity contribution in [2.45, 2.75) is 26.1 Å². The minimum absolute atomic E-state index is 0.299. The van der Waals surface area contributed by atoms with E-state index in [1.165, 1.54) is 6.07 Å². The molecule has 3 rings (SSSR count). The predicted molar refractivity (Wildman–Crippen MR) is 112 cm³/mol. The molecule has 0 saturated carbocycles. The van der Waals surface area contributed by atoms with Gasteiger partial charge in [-0.15, -0.1) is 0 Å². The van der Waals surface area contributed by atoms with Crippen molar-refractivity contribution in [1.82, 2.24) is 10.2 Å². The maximum absolute atomic E-state index is 13.5. The summed E-state index contributed by atoms with van der Waals surface area (Å²) in [4.78, 5) is 2.17. The lowest BCUT2D eigenvalue weighted by molar-refractivity contribution is -0.137. The maximum Gasteiger partial charge on any atom is 0.417 e. The molecule has 1 atom stereocenters. The Morgan fingerprint density at radius 2 is 1.57 bits per heavy atom. The number of nitrogens with zero attached hydrogens (tertiary/aromatic N) is 1. The third kappa shape index (κ3) is 5.20. The van der Waals surface area contributed by atoms with E-state index in [2.05, 4.69) is 10.2 Å². The fourth-order valence-electron chi connectivity index (χ4n) is 3.72. The molecule has 2 aromatic carbocycles. The molecule has 0 spiro atoms. The molecular formula is C22H26ClF3N2O2. The van der Waals surface area contributed by atoms with Gasteiger partial charge in [0.15, 0.2) is 11.5 Å². The first-order chi connectivity index (χ1) is 14.3. The highest BCUT2D eigenvalue weighted by Crippen LogP contribution is 2.40. The van der Waals surface area contributed by atoms with Crippen LogP contribution >= 0.6 is 11.6 Å². The summed E-state index contributed by atoms with van der Waals surface area (Å²) in [6.45, 7) is 7.69. The van der Waals surface area contributed by atoms with Crippen molar-refractivity contribution < 1.29 is 22.6 Å². The molecule has 1 unspecified atom stereocenters. The van der Waals surface area contributed by atoms with Crippen LogP contribution in [0.1, 0.15) is 36.6 Å². The van der Waals surface area contributed by atoms with Crippen LogP contribution < -0.4 is 14.8 Å². The Morgan fingerprint density at radius 3 is 2.20 bits per heavy atom. The number of hydrogen-bond donors (Lipinski definition) is 1. The van der Waals surface area contributed by atoms with Crippen molar-refractivity contribution in [2.24, 2.45) is 0 Å². The van der Waals surface area contributed by atoms with Gasteiger partial charge in [0.05, 0.1) is 29.8 Å². The monoisotopic (exact) mass is 442 g/mol. The summed E-state index contributed by atoms with van der Waals surface area (Å²) in [7, 11) is 0. The van der Waals surface area contributed by atoms with E-state index in [4.69, 9.17) is 21.1 Å². The summed E-state index contributed by atoms with van der Waals surface area (Å²) in [5, 5.41) is 2.99. The summed E-state index contributed by atoms with van der Waals surface area (Å²) in [6.07, 6.45) is -4.52. The van der Waals surface area contributed by atoms with Crippen LogP contribution in [0.25, 0.3) is 0 Å². The van der Waals surface area contributed by atoms with Crippen molar-refractivity contribution in [2.75, 3.05) is 39.4 Å². The van der Waals surface area contributed by atoms with Gasteiger partial charge in [0.25, 0.3) is 0 Å². The summed E-state index contributed by atoms with van der Waals surface area (Å²) in [5.74, 6) is 1.20. The molecule has 0 radical (unpaired) electrons. The van der Waals surface area contributed by atoms with E-state index >= 15 is 0 Å². The Balaban J connectivity index is 2.09. The van der Waals surface area contributed by atoms with Gasteiger partial charge < -0.3 is 14.8 Å². The average Bonchev–Trinajstić information content (AvgIpc) is 2.71. The van der Waals surface area contributed by atoms with Crippen molar-refractivity contribution in [1.29, 1.82) is 0 Å². The fourth-order valence-corrected chi connectivity index (χ4v) is 3.95. The van der Waals surface area contributed by atoms with E-state index in [0.717, 1.165) is 24.7 Å². The second-order valence-corrected chi connectivity index (χ2v) is 7.40. The third-order valence-electron chi connectivity index (χ3n) is 5.01. The number of alkyl halides is 3. The van der Waals surface area contributed by atoms with Gasteiger partial charge in [0.2, 0.25) is 0 Å². The molecule has 0 aromatic heterocycles. The number of halogens is 4. The normalized spacial score (nSPS) is 16.3. The van der Waals surface area contributed by atoms with Gasteiger partial charge >= 0.3 is 6.18 Å². The van der Waals surface area contributed by atoms with E-state index < -0.39 is 11.7 Å². The second-order valence-electron chi connectivity index (χ2n) is 7.00. The largest absolute Gasteiger partial charge is 0.490 e. The van der Waals surface area contributed by atoms with Gasteiger partial charge in [-0.2, -0.15) is 13.2 Å². The van der Waals surface area contributed by atoms with E-state index in [0.29, 0.717) is 43.4 Å². The topological polar surface area (TPSA) is 33.7 Å². The third-order valence-corrected chi connectivity index (χ3v) is 5.34. The predicted octanol–water partition coefficient (Wildman–Crippen LogP) is 5.15. The zero-order valence-electron chi connectivity index (χ0n) is 17.1. The Bertz CT molecular complexity index is 855. The molecule has 8 heteroatoms. The molecule has 1 saturated heterocycles. The van der Waals surface area contributed by atoms with Crippen molar-refractivity contribution in [3.8, 4) is 11.5 Å². The van der Waals surface area contributed by atoms with Gasteiger partial charge in [-0.1, -0.05) is 23.7 Å². The molecule has 1 aliphatic rings. The second kappa shape index (κ2) is 9.90.